The van der Waals surface area contributed by atoms with Crippen molar-refractivity contribution >= 4 is 15.5 Å². The molecule has 0 saturated carbocycles. The first-order chi connectivity index (χ1) is 6.49. The Morgan fingerprint density at radius 1 is 0.933 bits per heavy atom. The second kappa shape index (κ2) is 5.09. The summed E-state index contributed by atoms with van der Waals surface area (Å²) in [6, 6.07) is 0. The quantitative estimate of drug-likeness (QED) is 0.700. The minimum absolute atomic E-state index is 0.361. The van der Waals surface area contributed by atoms with E-state index in [0.29, 0.717) is 0 Å². The van der Waals surface area contributed by atoms with Crippen molar-refractivity contribution in [2.24, 2.45) is 0 Å². The highest BCUT2D eigenvalue weighted by atomic mass is 28.3. The lowest BCUT2D eigenvalue weighted by atomic mass is 10.2. The zero-order valence-electron chi connectivity index (χ0n) is 10.7. The molecule has 0 spiro atoms. The minimum Gasteiger partial charge on any atom is -0.476 e. The summed E-state index contributed by atoms with van der Waals surface area (Å²) in [5.41, 5.74) is -0.727. The molecule has 0 saturated heterocycles. The van der Waals surface area contributed by atoms with Gasteiger partial charge in [-0.2, -0.15) is 0 Å². The zero-order chi connectivity index (χ0) is 12.3. The lowest BCUT2D eigenvalue weighted by molar-refractivity contribution is -0.137. The van der Waals surface area contributed by atoms with Crippen LogP contribution in [0.5, 0.6) is 0 Å². The monoisotopic (exact) mass is 234 g/mol. The van der Waals surface area contributed by atoms with Crippen molar-refractivity contribution in [2.45, 2.75) is 59.7 Å². The SMILES string of the molecule is CC(=O)O[SiH](OC(C)(C)C)OC(C)(C)C. The molecule has 90 valence electrons. The van der Waals surface area contributed by atoms with Crippen LogP contribution in [0.1, 0.15) is 48.5 Å². The van der Waals surface area contributed by atoms with Crippen LogP contribution >= 0.6 is 0 Å². The van der Waals surface area contributed by atoms with Gasteiger partial charge in [0.05, 0.1) is 11.2 Å². The predicted molar refractivity (Wildman–Crippen MR) is 60.6 cm³/mol. The van der Waals surface area contributed by atoms with Gasteiger partial charge in [-0.3, -0.25) is 4.79 Å². The van der Waals surface area contributed by atoms with Gasteiger partial charge in [-0.15, -0.1) is 0 Å². The highest BCUT2D eigenvalue weighted by Gasteiger charge is 2.30. The smallest absolute Gasteiger partial charge is 0.476 e. The summed E-state index contributed by atoms with van der Waals surface area (Å²) in [6.07, 6.45) is 0. The average Bonchev–Trinajstić information content (AvgIpc) is 1.73. The van der Waals surface area contributed by atoms with E-state index < -0.39 is 9.53 Å². The normalized spacial score (nSPS) is 13.1. The minimum atomic E-state index is -2.39. The molecule has 0 unspecified atom stereocenters. The summed E-state index contributed by atoms with van der Waals surface area (Å²) in [6.45, 7) is 12.8. The van der Waals surface area contributed by atoms with E-state index in [9.17, 15) is 4.79 Å². The molecule has 0 amide bonds. The van der Waals surface area contributed by atoms with Gasteiger partial charge < -0.3 is 13.3 Å². The van der Waals surface area contributed by atoms with Crippen molar-refractivity contribution in [3.8, 4) is 0 Å². The van der Waals surface area contributed by atoms with Gasteiger partial charge in [0, 0.05) is 6.92 Å². The standard InChI is InChI=1S/C10H22O4Si/c1-8(11)12-15(13-9(2,3)4)14-10(5,6)7/h15H,1-7H3. The van der Waals surface area contributed by atoms with Crippen LogP contribution in [0.3, 0.4) is 0 Å². The molecule has 0 rings (SSSR count). The zero-order valence-corrected chi connectivity index (χ0v) is 11.9. The van der Waals surface area contributed by atoms with Crippen LogP contribution in [-0.4, -0.2) is 26.7 Å². The Kier molecular flexibility index (Phi) is 4.96. The highest BCUT2D eigenvalue weighted by molar-refractivity contribution is 6.39. The van der Waals surface area contributed by atoms with Crippen LogP contribution in [-0.2, 0) is 18.1 Å². The van der Waals surface area contributed by atoms with Crippen molar-refractivity contribution < 1.29 is 18.1 Å². The summed E-state index contributed by atoms with van der Waals surface area (Å²) < 4.78 is 16.3. The van der Waals surface area contributed by atoms with Crippen molar-refractivity contribution in [3.63, 3.8) is 0 Å². The molecular weight excluding hydrogens is 212 g/mol. The Morgan fingerprint density at radius 2 is 1.27 bits per heavy atom. The number of carbonyl (C=O) groups excluding carboxylic acids is 1. The molecule has 0 N–H and O–H groups in total. The summed E-state index contributed by atoms with van der Waals surface area (Å²) in [5.74, 6) is -0.361. The fourth-order valence-electron chi connectivity index (χ4n) is 0.785. The van der Waals surface area contributed by atoms with Crippen LogP contribution < -0.4 is 0 Å². The maximum absolute atomic E-state index is 10.9. The first kappa shape index (κ1) is 14.6. The van der Waals surface area contributed by atoms with Crippen LogP contribution in [0.15, 0.2) is 0 Å². The first-order valence-corrected chi connectivity index (χ1v) is 6.44. The molecule has 0 radical (unpaired) electrons. The Balaban J connectivity index is 4.39. The number of carbonyl (C=O) groups is 1. The molecule has 0 heterocycles. The molecule has 0 aromatic heterocycles. The molecule has 0 aromatic carbocycles. The Morgan fingerprint density at radius 3 is 1.47 bits per heavy atom. The van der Waals surface area contributed by atoms with E-state index in [2.05, 4.69) is 0 Å². The molecule has 0 bridgehead atoms. The van der Waals surface area contributed by atoms with Crippen LogP contribution in [0.2, 0.25) is 0 Å². The van der Waals surface area contributed by atoms with Gasteiger partial charge in [0.1, 0.15) is 0 Å². The van der Waals surface area contributed by atoms with Gasteiger partial charge in [-0.05, 0) is 41.5 Å². The second-order valence-electron chi connectivity index (χ2n) is 5.36. The number of hydrogen-bond donors (Lipinski definition) is 0. The molecule has 0 atom stereocenters. The molecular formula is C10H22O4Si. The summed E-state index contributed by atoms with van der Waals surface area (Å²) in [4.78, 5) is 10.9. The molecule has 4 nitrogen and oxygen atoms in total. The van der Waals surface area contributed by atoms with Gasteiger partial charge in [-0.25, -0.2) is 0 Å². The molecule has 0 aliphatic heterocycles. The maximum atomic E-state index is 10.9. The molecule has 15 heavy (non-hydrogen) atoms. The van der Waals surface area contributed by atoms with E-state index in [1.165, 1.54) is 6.92 Å². The van der Waals surface area contributed by atoms with Gasteiger partial charge in [0.2, 0.25) is 0 Å². The van der Waals surface area contributed by atoms with E-state index in [1.54, 1.807) is 0 Å². The highest BCUT2D eigenvalue weighted by Crippen LogP contribution is 2.16. The number of rotatable bonds is 3. The predicted octanol–water partition coefficient (Wildman–Crippen LogP) is 1.90. The van der Waals surface area contributed by atoms with Crippen molar-refractivity contribution in [2.75, 3.05) is 0 Å². The van der Waals surface area contributed by atoms with Crippen molar-refractivity contribution in [3.05, 3.63) is 0 Å². The van der Waals surface area contributed by atoms with Gasteiger partial charge >= 0.3 is 9.53 Å². The Labute approximate surface area is 93.9 Å². The largest absolute Gasteiger partial charge is 0.552 e. The fourth-order valence-corrected chi connectivity index (χ4v) is 2.36. The van der Waals surface area contributed by atoms with Gasteiger partial charge in [0.15, 0.2) is 0 Å². The van der Waals surface area contributed by atoms with Crippen molar-refractivity contribution in [1.29, 1.82) is 0 Å². The van der Waals surface area contributed by atoms with E-state index in [-0.39, 0.29) is 17.2 Å². The van der Waals surface area contributed by atoms with E-state index in [0.717, 1.165) is 0 Å². The fraction of sp³-hybridized carbons (Fsp3) is 0.900. The molecule has 0 fully saturated rings. The van der Waals surface area contributed by atoms with E-state index in [4.69, 9.17) is 13.3 Å². The maximum Gasteiger partial charge on any atom is 0.552 e. The van der Waals surface area contributed by atoms with Crippen LogP contribution in [0.4, 0.5) is 0 Å². The summed E-state index contributed by atoms with van der Waals surface area (Å²) in [7, 11) is -2.39. The van der Waals surface area contributed by atoms with Crippen LogP contribution in [0.25, 0.3) is 0 Å². The summed E-state index contributed by atoms with van der Waals surface area (Å²) >= 11 is 0. The topological polar surface area (TPSA) is 44.8 Å². The third kappa shape index (κ3) is 9.90. The molecule has 0 aliphatic rings. The second-order valence-corrected chi connectivity index (χ2v) is 6.64. The molecule has 5 heteroatoms. The Bertz CT molecular complexity index is 198. The summed E-state index contributed by atoms with van der Waals surface area (Å²) in [5, 5.41) is 0. The lowest BCUT2D eigenvalue weighted by Gasteiger charge is -2.30. The average molecular weight is 234 g/mol. The third-order valence-corrected chi connectivity index (χ3v) is 3.49. The first-order valence-electron chi connectivity index (χ1n) is 5.02. The third-order valence-electron chi connectivity index (χ3n) is 1.16. The lowest BCUT2D eigenvalue weighted by Crippen LogP contribution is -2.41. The van der Waals surface area contributed by atoms with E-state index >= 15 is 0 Å². The Hall–Kier alpha value is -0.393. The van der Waals surface area contributed by atoms with E-state index in [1.807, 2.05) is 41.5 Å². The number of hydrogen-bond acceptors (Lipinski definition) is 4. The van der Waals surface area contributed by atoms with Crippen LogP contribution in [0, 0.1) is 0 Å². The molecule has 0 aromatic rings. The van der Waals surface area contributed by atoms with Gasteiger partial charge in [0.25, 0.3) is 5.97 Å². The van der Waals surface area contributed by atoms with Gasteiger partial charge in [-0.1, -0.05) is 0 Å². The van der Waals surface area contributed by atoms with Crippen molar-refractivity contribution in [1.82, 2.24) is 0 Å². The molecule has 0 aliphatic carbocycles.